The van der Waals surface area contributed by atoms with Gasteiger partial charge in [-0.3, -0.25) is 4.98 Å². The molecule has 3 rings (SSSR count). The first-order valence-corrected chi connectivity index (χ1v) is 5.63. The SMILES string of the molecule is Brc1cc2c(cc1-c1cccnc1)OCO2. The molecule has 0 amide bonds. The third kappa shape index (κ3) is 1.55. The number of hydrogen-bond donors (Lipinski definition) is 0. The maximum Gasteiger partial charge on any atom is 0.231 e. The van der Waals surface area contributed by atoms with Crippen molar-refractivity contribution < 1.29 is 9.47 Å². The Balaban J connectivity index is 2.15. The van der Waals surface area contributed by atoms with Gasteiger partial charge < -0.3 is 9.47 Å². The standard InChI is InChI=1S/C12H8BrNO2/c13-10-5-12-11(15-7-16-12)4-9(10)8-2-1-3-14-6-8/h1-6H,7H2. The predicted octanol–water partition coefficient (Wildman–Crippen LogP) is 3.24. The van der Waals surface area contributed by atoms with E-state index in [1.807, 2.05) is 30.5 Å². The molecule has 0 aliphatic carbocycles. The second-order valence-corrected chi connectivity index (χ2v) is 4.28. The van der Waals surface area contributed by atoms with Gasteiger partial charge in [-0.25, -0.2) is 0 Å². The molecule has 2 heterocycles. The van der Waals surface area contributed by atoms with Crippen LogP contribution in [0.15, 0.2) is 41.1 Å². The normalized spacial score (nSPS) is 12.8. The topological polar surface area (TPSA) is 31.4 Å². The van der Waals surface area contributed by atoms with Gasteiger partial charge in [-0.15, -0.1) is 0 Å². The van der Waals surface area contributed by atoms with E-state index in [0.717, 1.165) is 27.1 Å². The summed E-state index contributed by atoms with van der Waals surface area (Å²) in [6.07, 6.45) is 3.58. The van der Waals surface area contributed by atoms with Gasteiger partial charge in [0.05, 0.1) is 0 Å². The van der Waals surface area contributed by atoms with E-state index in [2.05, 4.69) is 20.9 Å². The number of nitrogens with zero attached hydrogens (tertiary/aromatic N) is 1. The van der Waals surface area contributed by atoms with Crippen molar-refractivity contribution in [2.45, 2.75) is 0 Å². The Labute approximate surface area is 101 Å². The molecule has 4 heteroatoms. The highest BCUT2D eigenvalue weighted by Crippen LogP contribution is 2.40. The Morgan fingerprint density at radius 1 is 1.19 bits per heavy atom. The lowest BCUT2D eigenvalue weighted by atomic mass is 10.1. The molecule has 0 spiro atoms. The quantitative estimate of drug-likeness (QED) is 0.802. The highest BCUT2D eigenvalue weighted by Gasteiger charge is 2.16. The zero-order chi connectivity index (χ0) is 11.0. The minimum absolute atomic E-state index is 0.290. The van der Waals surface area contributed by atoms with Crippen molar-refractivity contribution in [3.63, 3.8) is 0 Å². The Morgan fingerprint density at radius 2 is 2.00 bits per heavy atom. The van der Waals surface area contributed by atoms with E-state index >= 15 is 0 Å². The van der Waals surface area contributed by atoms with E-state index in [1.165, 1.54) is 0 Å². The summed E-state index contributed by atoms with van der Waals surface area (Å²) in [7, 11) is 0. The molecule has 0 N–H and O–H groups in total. The Hall–Kier alpha value is -1.55. The van der Waals surface area contributed by atoms with Gasteiger partial charge in [-0.1, -0.05) is 22.0 Å². The minimum atomic E-state index is 0.290. The fraction of sp³-hybridized carbons (Fsp3) is 0.0833. The molecule has 0 saturated heterocycles. The summed E-state index contributed by atoms with van der Waals surface area (Å²) in [5.41, 5.74) is 2.10. The number of hydrogen-bond acceptors (Lipinski definition) is 3. The lowest BCUT2D eigenvalue weighted by Crippen LogP contribution is -1.92. The minimum Gasteiger partial charge on any atom is -0.454 e. The predicted molar refractivity (Wildman–Crippen MR) is 63.5 cm³/mol. The largest absolute Gasteiger partial charge is 0.454 e. The van der Waals surface area contributed by atoms with Crippen LogP contribution < -0.4 is 9.47 Å². The van der Waals surface area contributed by atoms with Crippen LogP contribution in [-0.4, -0.2) is 11.8 Å². The van der Waals surface area contributed by atoms with Crippen molar-refractivity contribution in [3.05, 3.63) is 41.1 Å². The van der Waals surface area contributed by atoms with E-state index in [4.69, 9.17) is 9.47 Å². The van der Waals surface area contributed by atoms with Crippen molar-refractivity contribution in [2.75, 3.05) is 6.79 Å². The fourth-order valence-electron chi connectivity index (χ4n) is 1.66. The maximum atomic E-state index is 5.35. The first-order chi connectivity index (χ1) is 7.84. The van der Waals surface area contributed by atoms with E-state index in [9.17, 15) is 0 Å². The molecule has 1 aliphatic heterocycles. The van der Waals surface area contributed by atoms with Crippen molar-refractivity contribution in [3.8, 4) is 22.6 Å². The zero-order valence-corrected chi connectivity index (χ0v) is 9.90. The van der Waals surface area contributed by atoms with Crippen LogP contribution in [0.1, 0.15) is 0 Å². The van der Waals surface area contributed by atoms with Gasteiger partial charge in [0.1, 0.15) is 0 Å². The van der Waals surface area contributed by atoms with Crippen molar-refractivity contribution in [1.82, 2.24) is 4.98 Å². The van der Waals surface area contributed by atoms with E-state index < -0.39 is 0 Å². The van der Waals surface area contributed by atoms with Crippen LogP contribution in [0.3, 0.4) is 0 Å². The molecule has 0 bridgehead atoms. The van der Waals surface area contributed by atoms with Crippen LogP contribution in [0.25, 0.3) is 11.1 Å². The molecule has 0 saturated carbocycles. The summed E-state index contributed by atoms with van der Waals surface area (Å²) < 4.78 is 11.6. The highest BCUT2D eigenvalue weighted by atomic mass is 79.9. The van der Waals surface area contributed by atoms with Crippen LogP contribution in [0.4, 0.5) is 0 Å². The van der Waals surface area contributed by atoms with Crippen LogP contribution in [0.2, 0.25) is 0 Å². The smallest absolute Gasteiger partial charge is 0.231 e. The van der Waals surface area contributed by atoms with Crippen molar-refractivity contribution in [1.29, 1.82) is 0 Å². The zero-order valence-electron chi connectivity index (χ0n) is 8.31. The van der Waals surface area contributed by atoms with E-state index in [0.29, 0.717) is 0 Å². The molecular weight excluding hydrogens is 270 g/mol. The second kappa shape index (κ2) is 3.79. The average Bonchev–Trinajstić information content (AvgIpc) is 2.76. The Bertz CT molecular complexity index is 528. The van der Waals surface area contributed by atoms with Crippen LogP contribution in [0.5, 0.6) is 11.5 Å². The summed E-state index contributed by atoms with van der Waals surface area (Å²) in [6.45, 7) is 0.290. The maximum absolute atomic E-state index is 5.35. The molecule has 3 nitrogen and oxygen atoms in total. The molecule has 0 fully saturated rings. The monoisotopic (exact) mass is 277 g/mol. The summed E-state index contributed by atoms with van der Waals surface area (Å²) in [4.78, 5) is 4.10. The highest BCUT2D eigenvalue weighted by molar-refractivity contribution is 9.10. The number of benzene rings is 1. The molecule has 0 atom stereocenters. The summed E-state index contributed by atoms with van der Waals surface area (Å²) in [5.74, 6) is 1.56. The molecule has 0 unspecified atom stereocenters. The molecule has 1 aliphatic rings. The number of rotatable bonds is 1. The summed E-state index contributed by atoms with van der Waals surface area (Å²) in [6, 6.07) is 7.80. The number of fused-ring (bicyclic) bond motifs is 1. The van der Waals surface area contributed by atoms with Gasteiger partial charge in [0.2, 0.25) is 6.79 Å². The molecule has 0 radical (unpaired) electrons. The summed E-state index contributed by atoms with van der Waals surface area (Å²) in [5, 5.41) is 0. The van der Waals surface area contributed by atoms with Gasteiger partial charge in [-0.2, -0.15) is 0 Å². The summed E-state index contributed by atoms with van der Waals surface area (Å²) >= 11 is 3.52. The van der Waals surface area contributed by atoms with Gasteiger partial charge in [0.15, 0.2) is 11.5 Å². The first kappa shape index (κ1) is 9.66. The van der Waals surface area contributed by atoms with Crippen LogP contribution in [-0.2, 0) is 0 Å². The van der Waals surface area contributed by atoms with E-state index in [-0.39, 0.29) is 6.79 Å². The second-order valence-electron chi connectivity index (χ2n) is 3.43. The molecule has 16 heavy (non-hydrogen) atoms. The van der Waals surface area contributed by atoms with E-state index in [1.54, 1.807) is 6.20 Å². The van der Waals surface area contributed by atoms with Crippen LogP contribution in [0, 0.1) is 0 Å². The van der Waals surface area contributed by atoms with Crippen molar-refractivity contribution in [2.24, 2.45) is 0 Å². The lowest BCUT2D eigenvalue weighted by molar-refractivity contribution is 0.174. The number of halogens is 1. The van der Waals surface area contributed by atoms with Crippen molar-refractivity contribution >= 4 is 15.9 Å². The number of pyridine rings is 1. The third-order valence-electron chi connectivity index (χ3n) is 2.43. The molecule has 2 aromatic rings. The Morgan fingerprint density at radius 3 is 2.75 bits per heavy atom. The van der Waals surface area contributed by atoms with Gasteiger partial charge in [0.25, 0.3) is 0 Å². The number of ether oxygens (including phenoxy) is 2. The lowest BCUT2D eigenvalue weighted by Gasteiger charge is -2.05. The first-order valence-electron chi connectivity index (χ1n) is 4.84. The molecule has 1 aromatic heterocycles. The van der Waals surface area contributed by atoms with Gasteiger partial charge in [0, 0.05) is 28.0 Å². The molecular formula is C12H8BrNO2. The van der Waals surface area contributed by atoms with Crippen LogP contribution >= 0.6 is 15.9 Å². The molecule has 80 valence electrons. The Kier molecular flexibility index (Phi) is 2.29. The molecule has 1 aromatic carbocycles. The fourth-order valence-corrected chi connectivity index (χ4v) is 2.21. The van der Waals surface area contributed by atoms with Gasteiger partial charge >= 0.3 is 0 Å². The average molecular weight is 278 g/mol. The number of aromatic nitrogens is 1. The van der Waals surface area contributed by atoms with Gasteiger partial charge in [-0.05, 0) is 18.2 Å². The third-order valence-corrected chi connectivity index (χ3v) is 3.09.